The highest BCUT2D eigenvalue weighted by molar-refractivity contribution is 4.80. The zero-order valence-electron chi connectivity index (χ0n) is 8.47. The van der Waals surface area contributed by atoms with E-state index in [-0.39, 0.29) is 6.61 Å². The zero-order valence-corrected chi connectivity index (χ0v) is 8.47. The van der Waals surface area contributed by atoms with Gasteiger partial charge < -0.3 is 14.6 Å². The fourth-order valence-corrected chi connectivity index (χ4v) is 1.32. The van der Waals surface area contributed by atoms with Crippen LogP contribution in [0.2, 0.25) is 0 Å². The number of hydrogen-bond acceptors (Lipinski definition) is 5. The normalized spacial score (nSPS) is 29.9. The fraction of sp³-hybridized carbons (Fsp3) is 1.00. The molecule has 0 spiro atoms. The molecular weight excluding hydrogens is 190 g/mol. The minimum absolute atomic E-state index is 0.187. The molecule has 1 aliphatic heterocycles. The van der Waals surface area contributed by atoms with E-state index in [0.717, 1.165) is 0 Å². The Morgan fingerprint density at radius 3 is 2.57 bits per heavy atom. The second-order valence-electron chi connectivity index (χ2n) is 3.88. The van der Waals surface area contributed by atoms with E-state index in [1.54, 1.807) is 13.8 Å². The minimum atomic E-state index is -1.13. The molecule has 0 bridgehead atoms. The standard InChI is InChI=1S/C8H15NO5/c1-5(9(11)12)7(10)6-4-13-8(2,3)14-6/h5-7,10H,4H2,1-3H3/t5?,6-,7?/m1/s1. The number of ether oxygens (including phenoxy) is 2. The molecule has 0 aliphatic carbocycles. The van der Waals surface area contributed by atoms with Crippen molar-refractivity contribution in [3.63, 3.8) is 0 Å². The Balaban J connectivity index is 2.55. The van der Waals surface area contributed by atoms with Gasteiger partial charge in [0.15, 0.2) is 5.79 Å². The molecule has 1 fully saturated rings. The van der Waals surface area contributed by atoms with E-state index in [4.69, 9.17) is 9.47 Å². The van der Waals surface area contributed by atoms with Crippen LogP contribution in [0.3, 0.4) is 0 Å². The molecule has 1 rings (SSSR count). The second-order valence-corrected chi connectivity index (χ2v) is 3.88. The Labute approximate surface area is 82.0 Å². The van der Waals surface area contributed by atoms with E-state index in [2.05, 4.69) is 0 Å². The molecule has 0 saturated carbocycles. The second kappa shape index (κ2) is 3.80. The molecule has 3 atom stereocenters. The van der Waals surface area contributed by atoms with Gasteiger partial charge in [0, 0.05) is 11.8 Å². The first kappa shape index (κ1) is 11.4. The van der Waals surface area contributed by atoms with Crippen molar-refractivity contribution < 1.29 is 19.5 Å². The van der Waals surface area contributed by atoms with E-state index < -0.39 is 29.0 Å². The Bertz CT molecular complexity index is 230. The summed E-state index contributed by atoms with van der Waals surface area (Å²) in [6.45, 7) is 4.94. The van der Waals surface area contributed by atoms with Crippen molar-refractivity contribution in [2.45, 2.75) is 44.8 Å². The van der Waals surface area contributed by atoms with Gasteiger partial charge in [-0.1, -0.05) is 0 Å². The maximum Gasteiger partial charge on any atom is 0.238 e. The van der Waals surface area contributed by atoms with Crippen molar-refractivity contribution in [1.82, 2.24) is 0 Å². The summed E-state index contributed by atoms with van der Waals surface area (Å²) in [5, 5.41) is 20.0. The molecule has 2 unspecified atom stereocenters. The van der Waals surface area contributed by atoms with Crippen LogP contribution in [0.25, 0.3) is 0 Å². The van der Waals surface area contributed by atoms with Crippen LogP contribution >= 0.6 is 0 Å². The molecule has 14 heavy (non-hydrogen) atoms. The van der Waals surface area contributed by atoms with Crippen molar-refractivity contribution in [2.24, 2.45) is 0 Å². The lowest BCUT2D eigenvalue weighted by Crippen LogP contribution is -2.42. The van der Waals surface area contributed by atoms with E-state index in [9.17, 15) is 15.2 Å². The third kappa shape index (κ3) is 2.40. The maximum atomic E-state index is 10.4. The van der Waals surface area contributed by atoms with Gasteiger partial charge in [0.05, 0.1) is 6.61 Å². The van der Waals surface area contributed by atoms with E-state index in [1.165, 1.54) is 6.92 Å². The van der Waals surface area contributed by atoms with E-state index in [0.29, 0.717) is 0 Å². The van der Waals surface area contributed by atoms with E-state index in [1.807, 2.05) is 0 Å². The lowest BCUT2D eigenvalue weighted by atomic mass is 10.1. The summed E-state index contributed by atoms with van der Waals surface area (Å²) >= 11 is 0. The summed E-state index contributed by atoms with van der Waals surface area (Å²) in [6, 6.07) is -1.04. The van der Waals surface area contributed by atoms with Crippen molar-refractivity contribution >= 4 is 0 Å². The summed E-state index contributed by atoms with van der Waals surface area (Å²) in [6.07, 6.45) is -1.75. The van der Waals surface area contributed by atoms with Gasteiger partial charge in [0.1, 0.15) is 12.2 Å². The summed E-state index contributed by atoms with van der Waals surface area (Å²) in [7, 11) is 0. The maximum absolute atomic E-state index is 10.4. The fourth-order valence-electron chi connectivity index (χ4n) is 1.32. The molecule has 82 valence electrons. The predicted molar refractivity (Wildman–Crippen MR) is 47.4 cm³/mol. The monoisotopic (exact) mass is 205 g/mol. The van der Waals surface area contributed by atoms with Gasteiger partial charge in [0.2, 0.25) is 6.04 Å². The number of nitro groups is 1. The zero-order chi connectivity index (χ0) is 10.9. The third-order valence-corrected chi connectivity index (χ3v) is 2.24. The number of hydrogen-bond donors (Lipinski definition) is 1. The topological polar surface area (TPSA) is 81.8 Å². The lowest BCUT2D eigenvalue weighted by molar-refractivity contribution is -0.532. The van der Waals surface area contributed by atoms with Gasteiger partial charge in [-0.15, -0.1) is 0 Å². The molecule has 0 aromatic rings. The molecule has 6 heteroatoms. The third-order valence-electron chi connectivity index (χ3n) is 2.24. The van der Waals surface area contributed by atoms with Crippen LogP contribution in [-0.2, 0) is 9.47 Å². The van der Waals surface area contributed by atoms with Gasteiger partial charge in [-0.3, -0.25) is 10.1 Å². The molecule has 0 aromatic carbocycles. The largest absolute Gasteiger partial charge is 0.383 e. The first-order chi connectivity index (χ1) is 6.33. The molecule has 1 aliphatic rings. The van der Waals surface area contributed by atoms with Crippen LogP contribution in [0.5, 0.6) is 0 Å². The Morgan fingerprint density at radius 1 is 1.64 bits per heavy atom. The summed E-state index contributed by atoms with van der Waals surface area (Å²) in [4.78, 5) is 9.88. The summed E-state index contributed by atoms with van der Waals surface area (Å²) < 4.78 is 10.5. The highest BCUT2D eigenvalue weighted by Gasteiger charge is 2.42. The van der Waals surface area contributed by atoms with Crippen LogP contribution < -0.4 is 0 Å². The van der Waals surface area contributed by atoms with Crippen molar-refractivity contribution in [2.75, 3.05) is 6.61 Å². The quantitative estimate of drug-likeness (QED) is 0.524. The van der Waals surface area contributed by atoms with Crippen molar-refractivity contribution in [1.29, 1.82) is 0 Å². The molecule has 1 heterocycles. The van der Waals surface area contributed by atoms with E-state index >= 15 is 0 Å². The average molecular weight is 205 g/mol. The first-order valence-corrected chi connectivity index (χ1v) is 4.47. The molecule has 0 amide bonds. The highest BCUT2D eigenvalue weighted by atomic mass is 16.7. The van der Waals surface area contributed by atoms with Crippen molar-refractivity contribution in [3.05, 3.63) is 10.1 Å². The predicted octanol–water partition coefficient (Wildman–Crippen LogP) is 0.164. The van der Waals surface area contributed by atoms with Gasteiger partial charge in [0.25, 0.3) is 0 Å². The Morgan fingerprint density at radius 2 is 2.21 bits per heavy atom. The number of aliphatic hydroxyl groups is 1. The van der Waals surface area contributed by atoms with Crippen LogP contribution in [-0.4, -0.2) is 40.7 Å². The van der Waals surface area contributed by atoms with Gasteiger partial charge >= 0.3 is 0 Å². The molecule has 0 radical (unpaired) electrons. The van der Waals surface area contributed by atoms with Gasteiger partial charge in [-0.25, -0.2) is 0 Å². The summed E-state index contributed by atoms with van der Waals surface area (Å²) in [5.74, 6) is -0.762. The van der Waals surface area contributed by atoms with Crippen LogP contribution in [0, 0.1) is 10.1 Å². The summed E-state index contributed by atoms with van der Waals surface area (Å²) in [5.41, 5.74) is 0. The van der Waals surface area contributed by atoms with Gasteiger partial charge in [-0.2, -0.15) is 0 Å². The number of nitrogens with zero attached hydrogens (tertiary/aromatic N) is 1. The molecule has 1 saturated heterocycles. The average Bonchev–Trinajstić information content (AvgIpc) is 2.43. The smallest absolute Gasteiger partial charge is 0.238 e. The van der Waals surface area contributed by atoms with Crippen LogP contribution in [0.4, 0.5) is 0 Å². The van der Waals surface area contributed by atoms with Crippen LogP contribution in [0.15, 0.2) is 0 Å². The molecule has 1 N–H and O–H groups in total. The molecule has 0 aromatic heterocycles. The molecule has 6 nitrogen and oxygen atoms in total. The Hall–Kier alpha value is -0.720. The molecular formula is C8H15NO5. The number of rotatable bonds is 3. The SMILES string of the molecule is CC(C(O)[C@H]1COC(C)(C)O1)[N+](=O)[O-]. The minimum Gasteiger partial charge on any atom is -0.383 e. The highest BCUT2D eigenvalue weighted by Crippen LogP contribution is 2.25. The Kier molecular flexibility index (Phi) is 3.08. The number of aliphatic hydroxyl groups excluding tert-OH is 1. The van der Waals surface area contributed by atoms with Gasteiger partial charge in [-0.05, 0) is 13.8 Å². The van der Waals surface area contributed by atoms with Crippen LogP contribution in [0.1, 0.15) is 20.8 Å². The first-order valence-electron chi connectivity index (χ1n) is 4.47. The lowest BCUT2D eigenvalue weighted by Gasteiger charge is -2.20. The van der Waals surface area contributed by atoms with Crippen molar-refractivity contribution in [3.8, 4) is 0 Å².